The van der Waals surface area contributed by atoms with E-state index in [1.807, 2.05) is 34.9 Å². The van der Waals surface area contributed by atoms with Crippen LogP contribution in [0.1, 0.15) is 22.6 Å². The van der Waals surface area contributed by atoms with Gasteiger partial charge in [0, 0.05) is 16.7 Å². The van der Waals surface area contributed by atoms with Gasteiger partial charge in [0.1, 0.15) is 30.2 Å². The summed E-state index contributed by atoms with van der Waals surface area (Å²) in [5.41, 5.74) is 9.38. The molecule has 4 N–H and O–H groups in total. The van der Waals surface area contributed by atoms with Crippen molar-refractivity contribution in [2.45, 2.75) is 12.5 Å². The first kappa shape index (κ1) is 18.5. The summed E-state index contributed by atoms with van der Waals surface area (Å²) in [5.74, 6) is 1.65. The molecular formula is C21H23ClN4O2+2. The van der Waals surface area contributed by atoms with Crippen molar-refractivity contribution in [2.24, 2.45) is 0 Å². The molecule has 0 radical (unpaired) electrons. The van der Waals surface area contributed by atoms with Gasteiger partial charge in [-0.05, 0) is 23.8 Å². The van der Waals surface area contributed by atoms with E-state index in [1.165, 1.54) is 4.90 Å². The summed E-state index contributed by atoms with van der Waals surface area (Å²) >= 11 is 6.10. The minimum atomic E-state index is -0.164. The molecule has 28 heavy (non-hydrogen) atoms. The van der Waals surface area contributed by atoms with E-state index in [9.17, 15) is 5.11 Å². The van der Waals surface area contributed by atoms with Gasteiger partial charge in [0.05, 0.1) is 20.0 Å². The average molecular weight is 399 g/mol. The highest BCUT2D eigenvalue weighted by Gasteiger charge is 2.36. The Hall–Kier alpha value is -2.83. The van der Waals surface area contributed by atoms with Crippen molar-refractivity contribution in [3.63, 3.8) is 0 Å². The molecule has 0 saturated carbocycles. The van der Waals surface area contributed by atoms with E-state index in [0.29, 0.717) is 22.5 Å². The third-order valence-corrected chi connectivity index (χ3v) is 5.24. The van der Waals surface area contributed by atoms with Gasteiger partial charge in [0.15, 0.2) is 0 Å². The maximum absolute atomic E-state index is 9.90. The smallest absolute Gasteiger partial charge is 0.306 e. The standard InChI is InChI=1S/C21H21ClN4O2/c1-25(2)9-10-26-12-24-21-19(20(26)23)18(13-3-5-14(22)6-4-13)16-8-7-15(27)11-17(16)28-21/h3-8,11-12,18,23,27H,9-10H2,1-2H3/p+2/t18-/m0/s1. The van der Waals surface area contributed by atoms with E-state index in [0.717, 1.165) is 29.8 Å². The van der Waals surface area contributed by atoms with Gasteiger partial charge in [0.25, 0.3) is 0 Å². The summed E-state index contributed by atoms with van der Waals surface area (Å²) in [7, 11) is 4.20. The lowest BCUT2D eigenvalue weighted by molar-refractivity contribution is -0.882. The van der Waals surface area contributed by atoms with Crippen molar-refractivity contribution in [1.29, 1.82) is 0 Å². The molecule has 6 nitrogen and oxygen atoms in total. The van der Waals surface area contributed by atoms with E-state index in [4.69, 9.17) is 22.1 Å². The van der Waals surface area contributed by atoms with Gasteiger partial charge in [-0.1, -0.05) is 34.8 Å². The van der Waals surface area contributed by atoms with Crippen LogP contribution in [0.2, 0.25) is 5.02 Å². The number of rotatable bonds is 4. The molecule has 1 aliphatic heterocycles. The number of aromatic nitrogens is 2. The molecule has 0 amide bonds. The van der Waals surface area contributed by atoms with Gasteiger partial charge in [0.2, 0.25) is 12.1 Å². The van der Waals surface area contributed by atoms with E-state index < -0.39 is 0 Å². The van der Waals surface area contributed by atoms with Crippen LogP contribution < -0.4 is 19.9 Å². The lowest BCUT2D eigenvalue weighted by Gasteiger charge is -2.27. The molecule has 2 aromatic carbocycles. The minimum Gasteiger partial charge on any atom is -0.508 e. The maximum Gasteiger partial charge on any atom is 0.306 e. The molecular weight excluding hydrogens is 376 g/mol. The Balaban J connectivity index is 1.89. The highest BCUT2D eigenvalue weighted by molar-refractivity contribution is 6.30. The molecule has 1 aromatic heterocycles. The van der Waals surface area contributed by atoms with Crippen LogP contribution in [0.4, 0.5) is 5.82 Å². The molecule has 0 bridgehead atoms. The number of benzene rings is 2. The van der Waals surface area contributed by atoms with Gasteiger partial charge in [-0.2, -0.15) is 0 Å². The molecule has 0 spiro atoms. The van der Waals surface area contributed by atoms with Crippen molar-refractivity contribution in [2.75, 3.05) is 26.4 Å². The van der Waals surface area contributed by atoms with Crippen molar-refractivity contribution in [3.05, 3.63) is 70.5 Å². The molecule has 1 atom stereocenters. The van der Waals surface area contributed by atoms with E-state index >= 15 is 0 Å². The normalized spacial score (nSPS) is 15.1. The monoisotopic (exact) mass is 398 g/mol. The Morgan fingerprint density at radius 2 is 1.96 bits per heavy atom. The molecule has 0 unspecified atom stereocenters. The summed E-state index contributed by atoms with van der Waals surface area (Å²) in [5, 5.41) is 10.6. The minimum absolute atomic E-state index is 0.144. The highest BCUT2D eigenvalue weighted by atomic mass is 35.5. The number of halogens is 1. The molecule has 4 rings (SSSR count). The van der Waals surface area contributed by atoms with Crippen LogP contribution in [0, 0.1) is 0 Å². The molecule has 0 aliphatic carbocycles. The Labute approximate surface area is 168 Å². The van der Waals surface area contributed by atoms with Crippen molar-refractivity contribution >= 4 is 17.4 Å². The number of nitrogens with two attached hydrogens (primary N) is 1. The molecule has 3 aromatic rings. The number of quaternary nitrogens is 1. The molecule has 1 aliphatic rings. The number of ether oxygens (including phenoxy) is 1. The van der Waals surface area contributed by atoms with Crippen LogP contribution in [-0.2, 0) is 6.54 Å². The van der Waals surface area contributed by atoms with Gasteiger partial charge in [-0.15, -0.1) is 0 Å². The number of hydrogen-bond acceptors (Lipinski definition) is 4. The lowest BCUT2D eigenvalue weighted by Crippen LogP contribution is -3.06. The maximum atomic E-state index is 9.90. The van der Waals surface area contributed by atoms with Crippen LogP contribution in [0.15, 0.2) is 48.8 Å². The molecule has 144 valence electrons. The summed E-state index contributed by atoms with van der Waals surface area (Å²) < 4.78 is 7.96. The van der Waals surface area contributed by atoms with Gasteiger partial charge >= 0.3 is 5.88 Å². The number of anilines is 1. The van der Waals surface area contributed by atoms with Crippen LogP contribution >= 0.6 is 11.6 Å². The zero-order chi connectivity index (χ0) is 19.8. The number of hydrogen-bond donors (Lipinski definition) is 3. The SMILES string of the molecule is C[NH+](C)CC[n+]1cnc2c(c1N)[C@@H](c1ccc(Cl)cc1)c1ccc(O)cc1O2. The summed E-state index contributed by atoms with van der Waals surface area (Å²) in [6, 6.07) is 12.8. The highest BCUT2D eigenvalue weighted by Crippen LogP contribution is 2.48. The van der Waals surface area contributed by atoms with Crippen LogP contribution in [-0.4, -0.2) is 30.7 Å². The fourth-order valence-electron chi connectivity index (χ4n) is 3.50. The number of nitrogens with zero attached hydrogens (tertiary/aromatic N) is 2. The second kappa shape index (κ2) is 7.30. The second-order valence-corrected chi connectivity index (χ2v) is 7.74. The van der Waals surface area contributed by atoms with E-state index in [1.54, 1.807) is 18.5 Å². The Bertz CT molecular complexity index is 1020. The number of fused-ring (bicyclic) bond motifs is 2. The van der Waals surface area contributed by atoms with Gasteiger partial charge in [-0.25, -0.2) is 4.57 Å². The summed E-state index contributed by atoms with van der Waals surface area (Å²) in [4.78, 5) is 5.85. The van der Waals surface area contributed by atoms with Gasteiger partial charge < -0.3 is 20.5 Å². The number of phenolic OH excluding ortho intramolecular Hbond substituents is 1. The Kier molecular flexibility index (Phi) is 4.83. The predicted molar refractivity (Wildman–Crippen MR) is 107 cm³/mol. The molecule has 2 heterocycles. The van der Waals surface area contributed by atoms with E-state index in [2.05, 4.69) is 19.1 Å². The zero-order valence-corrected chi connectivity index (χ0v) is 16.6. The second-order valence-electron chi connectivity index (χ2n) is 7.31. The topological polar surface area (TPSA) is 76.7 Å². The number of nitrogen functional groups attached to an aromatic ring is 1. The number of likely N-dealkylation sites (N-methyl/N-ethyl adjacent to an activating group) is 1. The van der Waals surface area contributed by atoms with Crippen molar-refractivity contribution in [1.82, 2.24) is 4.98 Å². The fourth-order valence-corrected chi connectivity index (χ4v) is 3.63. The van der Waals surface area contributed by atoms with Crippen LogP contribution in [0.25, 0.3) is 0 Å². The fraction of sp³-hybridized carbons (Fsp3) is 0.238. The van der Waals surface area contributed by atoms with Crippen LogP contribution in [0.3, 0.4) is 0 Å². The average Bonchev–Trinajstić information content (AvgIpc) is 2.66. The van der Waals surface area contributed by atoms with Gasteiger partial charge in [-0.3, -0.25) is 0 Å². The van der Waals surface area contributed by atoms with Crippen LogP contribution in [0.5, 0.6) is 17.4 Å². The zero-order valence-electron chi connectivity index (χ0n) is 15.8. The largest absolute Gasteiger partial charge is 0.508 e. The summed E-state index contributed by atoms with van der Waals surface area (Å²) in [6.07, 6.45) is 1.71. The molecule has 0 fully saturated rings. The number of nitrogens with one attached hydrogen (secondary N) is 1. The third kappa shape index (κ3) is 3.37. The molecule has 7 heteroatoms. The predicted octanol–water partition coefficient (Wildman–Crippen LogP) is 1.74. The first-order valence-corrected chi connectivity index (χ1v) is 9.55. The quantitative estimate of drug-likeness (QED) is 0.458. The first-order valence-electron chi connectivity index (χ1n) is 9.17. The summed E-state index contributed by atoms with van der Waals surface area (Å²) in [6.45, 7) is 1.68. The number of aromatic hydroxyl groups is 1. The van der Waals surface area contributed by atoms with E-state index in [-0.39, 0.29) is 11.7 Å². The van der Waals surface area contributed by atoms with Crippen molar-refractivity contribution in [3.8, 4) is 17.4 Å². The third-order valence-electron chi connectivity index (χ3n) is 4.99. The molecule has 0 saturated heterocycles. The van der Waals surface area contributed by atoms with Crippen molar-refractivity contribution < 1.29 is 19.3 Å². The first-order chi connectivity index (χ1) is 13.4. The lowest BCUT2D eigenvalue weighted by atomic mass is 9.83. The Morgan fingerprint density at radius 3 is 2.68 bits per heavy atom. The number of phenols is 1. The Morgan fingerprint density at radius 1 is 1.21 bits per heavy atom.